The first-order valence-corrected chi connectivity index (χ1v) is 11.7. The van der Waals surface area contributed by atoms with Crippen molar-refractivity contribution in [3.63, 3.8) is 0 Å². The van der Waals surface area contributed by atoms with E-state index >= 15 is 4.39 Å². The van der Waals surface area contributed by atoms with E-state index in [2.05, 4.69) is 0 Å². The van der Waals surface area contributed by atoms with Gasteiger partial charge in [0.2, 0.25) is 5.43 Å². The highest BCUT2D eigenvalue weighted by Gasteiger charge is 2.48. The van der Waals surface area contributed by atoms with Gasteiger partial charge in [0.1, 0.15) is 19.3 Å². The summed E-state index contributed by atoms with van der Waals surface area (Å²) in [7, 11) is 0. The molecule has 6 rings (SSSR count). The Labute approximate surface area is 201 Å². The summed E-state index contributed by atoms with van der Waals surface area (Å²) in [6, 6.07) is 15.0. The van der Waals surface area contributed by atoms with Crippen molar-refractivity contribution in [3.05, 3.63) is 106 Å². The zero-order chi connectivity index (χ0) is 24.2. The van der Waals surface area contributed by atoms with Crippen LogP contribution in [0.1, 0.15) is 46.9 Å². The van der Waals surface area contributed by atoms with Gasteiger partial charge in [-0.25, -0.2) is 4.39 Å². The van der Waals surface area contributed by atoms with Crippen LogP contribution in [0.3, 0.4) is 0 Å². The monoisotopic (exact) mass is 473 g/mol. The SMILES string of the molecule is O=C1c2c(O)c(=O)ccn2N2CN1C1(/C=C/COc3c(F)cccc3C2c2ccccc2)CCC1. The maximum absolute atomic E-state index is 15.1. The molecule has 2 aromatic carbocycles. The molecule has 3 heterocycles. The Morgan fingerprint density at radius 1 is 1.03 bits per heavy atom. The number of para-hydroxylation sites is 1. The highest BCUT2D eigenvalue weighted by molar-refractivity contribution is 5.97. The molecule has 1 unspecified atom stereocenters. The number of carbonyl (C=O) groups excluding carboxylic acids is 1. The molecule has 178 valence electrons. The van der Waals surface area contributed by atoms with Crippen molar-refractivity contribution in [2.45, 2.75) is 30.8 Å². The second-order valence-corrected chi connectivity index (χ2v) is 9.18. The quantitative estimate of drug-likeness (QED) is 0.546. The van der Waals surface area contributed by atoms with E-state index in [-0.39, 0.29) is 24.7 Å². The molecule has 3 aliphatic rings. The molecular weight excluding hydrogens is 449 g/mol. The summed E-state index contributed by atoms with van der Waals surface area (Å²) < 4.78 is 22.6. The Balaban J connectivity index is 1.66. The summed E-state index contributed by atoms with van der Waals surface area (Å²) in [5.41, 5.74) is 0.129. The highest BCUT2D eigenvalue weighted by Crippen LogP contribution is 2.44. The number of amides is 1. The average molecular weight is 474 g/mol. The van der Waals surface area contributed by atoms with Crippen LogP contribution in [0.4, 0.5) is 4.39 Å². The van der Waals surface area contributed by atoms with Gasteiger partial charge in [0, 0.05) is 17.8 Å². The second-order valence-electron chi connectivity index (χ2n) is 9.18. The van der Waals surface area contributed by atoms with Gasteiger partial charge < -0.3 is 14.7 Å². The Hall–Kier alpha value is -4.07. The Kier molecular flexibility index (Phi) is 4.91. The summed E-state index contributed by atoms with van der Waals surface area (Å²) in [4.78, 5) is 27.9. The van der Waals surface area contributed by atoms with Crippen LogP contribution < -0.4 is 15.2 Å². The molecule has 0 radical (unpaired) electrons. The number of fused-ring (bicyclic) bond motifs is 6. The number of rotatable bonds is 1. The van der Waals surface area contributed by atoms with Crippen LogP contribution in [0, 0.1) is 5.82 Å². The van der Waals surface area contributed by atoms with Crippen molar-refractivity contribution < 1.29 is 19.0 Å². The second kappa shape index (κ2) is 8.01. The molecule has 1 N–H and O–H groups in total. The molecule has 8 heteroatoms. The first kappa shape index (κ1) is 21.5. The fourth-order valence-electron chi connectivity index (χ4n) is 5.39. The topological polar surface area (TPSA) is 75.0 Å². The normalized spacial score (nSPS) is 21.3. The largest absolute Gasteiger partial charge is 0.502 e. The fraction of sp³-hybridized carbons (Fsp3) is 0.259. The summed E-state index contributed by atoms with van der Waals surface area (Å²) in [5, 5.41) is 12.6. The van der Waals surface area contributed by atoms with E-state index in [1.54, 1.807) is 17.0 Å². The van der Waals surface area contributed by atoms with Crippen LogP contribution in [0.5, 0.6) is 11.5 Å². The molecule has 1 saturated carbocycles. The van der Waals surface area contributed by atoms with Crippen LogP contribution in [0.15, 0.2) is 77.7 Å². The summed E-state index contributed by atoms with van der Waals surface area (Å²) in [5.74, 6) is -1.36. The van der Waals surface area contributed by atoms with Gasteiger partial charge in [0.15, 0.2) is 23.0 Å². The number of hydrogen-bond donors (Lipinski definition) is 1. The van der Waals surface area contributed by atoms with Crippen LogP contribution in [0.25, 0.3) is 0 Å². The Bertz CT molecular complexity index is 1400. The van der Waals surface area contributed by atoms with Crippen molar-refractivity contribution in [3.8, 4) is 11.5 Å². The summed E-state index contributed by atoms with van der Waals surface area (Å²) >= 11 is 0. The summed E-state index contributed by atoms with van der Waals surface area (Å²) in [6.45, 7) is 0.323. The molecule has 1 aliphatic carbocycles. The van der Waals surface area contributed by atoms with Gasteiger partial charge in [-0.3, -0.25) is 19.3 Å². The van der Waals surface area contributed by atoms with Crippen molar-refractivity contribution in [2.75, 3.05) is 18.3 Å². The van der Waals surface area contributed by atoms with E-state index in [1.807, 2.05) is 47.5 Å². The lowest BCUT2D eigenvalue weighted by Crippen LogP contribution is -2.64. The van der Waals surface area contributed by atoms with Gasteiger partial charge in [0.05, 0.1) is 5.54 Å². The molecule has 2 bridgehead atoms. The minimum atomic E-state index is -0.625. The third-order valence-corrected chi connectivity index (χ3v) is 7.28. The van der Waals surface area contributed by atoms with Gasteiger partial charge in [-0.05, 0) is 37.0 Å². The number of benzene rings is 2. The van der Waals surface area contributed by atoms with E-state index in [0.717, 1.165) is 24.8 Å². The van der Waals surface area contributed by atoms with Gasteiger partial charge >= 0.3 is 0 Å². The first-order valence-electron chi connectivity index (χ1n) is 11.7. The minimum Gasteiger partial charge on any atom is -0.502 e. The maximum Gasteiger partial charge on any atom is 0.278 e. The predicted octanol–water partition coefficient (Wildman–Crippen LogP) is 3.71. The van der Waals surface area contributed by atoms with Crippen LogP contribution in [-0.2, 0) is 0 Å². The number of aromatic nitrogens is 1. The molecule has 2 aliphatic heterocycles. The first-order chi connectivity index (χ1) is 17.0. The van der Waals surface area contributed by atoms with Crippen LogP contribution >= 0.6 is 0 Å². The Morgan fingerprint density at radius 2 is 1.83 bits per heavy atom. The molecule has 1 amide bonds. The average Bonchev–Trinajstić information content (AvgIpc) is 2.86. The molecule has 7 nitrogen and oxygen atoms in total. The van der Waals surface area contributed by atoms with Crippen molar-refractivity contribution in [1.82, 2.24) is 9.58 Å². The van der Waals surface area contributed by atoms with E-state index in [0.29, 0.717) is 5.56 Å². The molecular formula is C27H24FN3O4. The van der Waals surface area contributed by atoms with Crippen molar-refractivity contribution >= 4 is 5.91 Å². The number of aromatic hydroxyl groups is 1. The third-order valence-electron chi connectivity index (χ3n) is 7.28. The standard InChI is InChI=1S/C27H24FN3O4/c28-20-10-4-9-19-22(18-7-2-1-3-8-18)31-17-29(26(34)23-24(33)21(32)11-15-30(23)31)27(12-5-13-27)14-6-16-35-25(19)20/h1-4,6-11,14-15,22,33H,5,12-13,16-17H2/b14-6+. The number of nitrogens with zero attached hydrogens (tertiary/aromatic N) is 3. The van der Waals surface area contributed by atoms with Gasteiger partial charge in [0.25, 0.3) is 5.91 Å². The molecule has 3 aromatic rings. The van der Waals surface area contributed by atoms with E-state index < -0.39 is 34.5 Å². The zero-order valence-corrected chi connectivity index (χ0v) is 18.9. The lowest BCUT2D eigenvalue weighted by Gasteiger charge is -2.53. The maximum atomic E-state index is 15.1. The number of ether oxygens (including phenoxy) is 1. The van der Waals surface area contributed by atoms with Crippen molar-refractivity contribution in [2.24, 2.45) is 0 Å². The van der Waals surface area contributed by atoms with Gasteiger partial charge in [-0.1, -0.05) is 48.5 Å². The fourth-order valence-corrected chi connectivity index (χ4v) is 5.39. The number of halogens is 1. The van der Waals surface area contributed by atoms with E-state index in [4.69, 9.17) is 4.74 Å². The predicted molar refractivity (Wildman–Crippen MR) is 128 cm³/mol. The third kappa shape index (κ3) is 3.24. The summed E-state index contributed by atoms with van der Waals surface area (Å²) in [6.07, 6.45) is 7.70. The minimum absolute atomic E-state index is 0.0949. The lowest BCUT2D eigenvalue weighted by atomic mass is 9.74. The highest BCUT2D eigenvalue weighted by atomic mass is 19.1. The number of hydrogen-bond acceptors (Lipinski definition) is 5. The molecule has 1 spiro atoms. The molecule has 1 aromatic heterocycles. The lowest BCUT2D eigenvalue weighted by molar-refractivity contribution is 0.0255. The van der Waals surface area contributed by atoms with Crippen LogP contribution in [-0.4, -0.2) is 39.4 Å². The molecule has 35 heavy (non-hydrogen) atoms. The molecule has 1 fully saturated rings. The van der Waals surface area contributed by atoms with Crippen LogP contribution in [0.2, 0.25) is 0 Å². The van der Waals surface area contributed by atoms with Gasteiger partial charge in [-0.15, -0.1) is 0 Å². The van der Waals surface area contributed by atoms with Gasteiger partial charge in [-0.2, -0.15) is 0 Å². The van der Waals surface area contributed by atoms with E-state index in [9.17, 15) is 14.7 Å². The smallest absolute Gasteiger partial charge is 0.278 e. The number of pyridine rings is 1. The Morgan fingerprint density at radius 3 is 2.57 bits per heavy atom. The zero-order valence-electron chi connectivity index (χ0n) is 18.9. The van der Waals surface area contributed by atoms with E-state index in [1.165, 1.54) is 23.0 Å². The number of carbonyl (C=O) groups is 1. The van der Waals surface area contributed by atoms with Crippen molar-refractivity contribution in [1.29, 1.82) is 0 Å². The molecule has 0 saturated heterocycles. The molecule has 1 atom stereocenters.